The van der Waals surface area contributed by atoms with Crippen LogP contribution in [0, 0.1) is 0 Å². The average Bonchev–Trinajstić information content (AvgIpc) is 2.01. The van der Waals surface area contributed by atoms with Gasteiger partial charge in [-0.25, -0.2) is 0 Å². The lowest BCUT2D eigenvalue weighted by atomic mass is 10.4. The maximum absolute atomic E-state index is 10.5. The molecule has 0 bridgehead atoms. The third-order valence-corrected chi connectivity index (χ3v) is 1.11. The summed E-state index contributed by atoms with van der Waals surface area (Å²) >= 11 is 4.85. The molecular formula is C6H11ClO4. The number of carbonyl (C=O) groups excluding carboxylic acids is 1. The van der Waals surface area contributed by atoms with E-state index in [1.165, 1.54) is 0 Å². The van der Waals surface area contributed by atoms with E-state index >= 15 is 0 Å². The van der Waals surface area contributed by atoms with Crippen molar-refractivity contribution >= 4 is 17.8 Å². The molecule has 5 heteroatoms. The molecule has 0 saturated carbocycles. The molecule has 0 radical (unpaired) electrons. The van der Waals surface area contributed by atoms with Gasteiger partial charge in [0, 0.05) is 6.42 Å². The molecule has 4 nitrogen and oxygen atoms in total. The summed E-state index contributed by atoms with van der Waals surface area (Å²) in [5.41, 5.74) is 0. The van der Waals surface area contributed by atoms with Crippen molar-refractivity contribution in [3.8, 4) is 0 Å². The van der Waals surface area contributed by atoms with Crippen molar-refractivity contribution in [1.82, 2.24) is 0 Å². The zero-order chi connectivity index (χ0) is 8.69. The van der Waals surface area contributed by atoms with Gasteiger partial charge in [0.25, 0.3) is 0 Å². The van der Waals surface area contributed by atoms with Gasteiger partial charge in [-0.2, -0.15) is 0 Å². The Bertz CT molecular complexity index is 117. The van der Waals surface area contributed by atoms with E-state index in [1.807, 2.05) is 0 Å². The molecule has 0 amide bonds. The molecule has 11 heavy (non-hydrogen) atoms. The van der Waals surface area contributed by atoms with Crippen LogP contribution in [0.4, 0.5) is 0 Å². The summed E-state index contributed by atoms with van der Waals surface area (Å²) in [6.45, 7) is 1.56. The summed E-state index contributed by atoms with van der Waals surface area (Å²) in [5.74, 6) is -0.348. The minimum atomic E-state index is -0.844. The highest BCUT2D eigenvalue weighted by atomic mass is 35.5. The molecule has 0 fully saturated rings. The number of hydrogen-bond acceptors (Lipinski definition) is 4. The molecule has 1 unspecified atom stereocenters. The van der Waals surface area contributed by atoms with E-state index in [9.17, 15) is 4.79 Å². The van der Waals surface area contributed by atoms with Gasteiger partial charge in [0.1, 0.15) is 12.7 Å². The largest absolute Gasteiger partial charge is 0.463 e. The van der Waals surface area contributed by atoms with Crippen molar-refractivity contribution in [2.45, 2.75) is 19.4 Å². The topological polar surface area (TPSA) is 55.8 Å². The lowest BCUT2D eigenvalue weighted by Gasteiger charge is -2.07. The lowest BCUT2D eigenvalue weighted by Crippen LogP contribution is -2.21. The summed E-state index contributed by atoms with van der Waals surface area (Å²) in [6.07, 6.45) is -0.544. The van der Waals surface area contributed by atoms with Crippen LogP contribution in [-0.2, 0) is 13.8 Å². The number of ether oxygens (including phenoxy) is 1. The van der Waals surface area contributed by atoms with Gasteiger partial charge in [-0.3, -0.25) is 9.08 Å². The van der Waals surface area contributed by atoms with Crippen LogP contribution in [0.1, 0.15) is 13.3 Å². The number of carbonyl (C=O) groups is 1. The highest BCUT2D eigenvalue weighted by Crippen LogP contribution is 1.91. The van der Waals surface area contributed by atoms with Gasteiger partial charge >= 0.3 is 5.97 Å². The van der Waals surface area contributed by atoms with E-state index < -0.39 is 6.10 Å². The van der Waals surface area contributed by atoms with Crippen LogP contribution in [-0.4, -0.2) is 30.4 Å². The fourth-order valence-electron chi connectivity index (χ4n) is 0.412. The average molecular weight is 183 g/mol. The van der Waals surface area contributed by atoms with Crippen LogP contribution >= 0.6 is 11.9 Å². The van der Waals surface area contributed by atoms with Crippen molar-refractivity contribution in [1.29, 1.82) is 0 Å². The number of hydrogen-bond donors (Lipinski definition) is 1. The van der Waals surface area contributed by atoms with E-state index in [0.29, 0.717) is 6.42 Å². The van der Waals surface area contributed by atoms with Gasteiger partial charge < -0.3 is 9.84 Å². The second kappa shape index (κ2) is 6.39. The van der Waals surface area contributed by atoms with Crippen molar-refractivity contribution in [2.24, 2.45) is 0 Å². The first-order valence-electron chi connectivity index (χ1n) is 3.28. The molecule has 0 spiro atoms. The van der Waals surface area contributed by atoms with Gasteiger partial charge in [0.05, 0.1) is 18.5 Å². The highest BCUT2D eigenvalue weighted by Gasteiger charge is 2.06. The Hall–Kier alpha value is -0.320. The third-order valence-electron chi connectivity index (χ3n) is 0.981. The Labute approximate surface area is 70.2 Å². The Balaban J connectivity index is 3.29. The highest BCUT2D eigenvalue weighted by molar-refractivity contribution is 6.07. The van der Waals surface area contributed by atoms with Crippen LogP contribution in [0.25, 0.3) is 0 Å². The van der Waals surface area contributed by atoms with Gasteiger partial charge in [0.2, 0.25) is 0 Å². The molecule has 66 valence electrons. The Morgan fingerprint density at radius 2 is 2.27 bits per heavy atom. The predicted molar refractivity (Wildman–Crippen MR) is 39.1 cm³/mol. The standard InChI is InChI=1S/C6H11ClO4/c1-2-6(9)10-3-5(8)4-11-7/h5,8H,2-4H2,1H3. The second-order valence-corrected chi connectivity index (χ2v) is 2.18. The molecular weight excluding hydrogens is 172 g/mol. The molecule has 0 heterocycles. The van der Waals surface area contributed by atoms with Gasteiger partial charge in [0.15, 0.2) is 0 Å². The Morgan fingerprint density at radius 1 is 1.64 bits per heavy atom. The zero-order valence-corrected chi connectivity index (χ0v) is 7.00. The number of aliphatic hydroxyl groups is 1. The zero-order valence-electron chi connectivity index (χ0n) is 6.25. The second-order valence-electron chi connectivity index (χ2n) is 1.97. The fourth-order valence-corrected chi connectivity index (χ4v) is 0.557. The molecule has 0 aliphatic rings. The molecule has 0 aliphatic heterocycles. The van der Waals surface area contributed by atoms with Crippen molar-refractivity contribution in [2.75, 3.05) is 13.2 Å². The van der Waals surface area contributed by atoms with Gasteiger partial charge in [-0.05, 0) is 0 Å². The molecule has 1 N–H and O–H groups in total. The predicted octanol–water partition coefficient (Wildman–Crippen LogP) is 0.471. The summed E-state index contributed by atoms with van der Waals surface area (Å²) in [4.78, 5) is 10.5. The third kappa shape index (κ3) is 6.09. The van der Waals surface area contributed by atoms with E-state index in [4.69, 9.17) is 17.0 Å². The van der Waals surface area contributed by atoms with Crippen molar-refractivity contribution < 1.29 is 18.9 Å². The maximum atomic E-state index is 10.5. The minimum Gasteiger partial charge on any atom is -0.463 e. The fraction of sp³-hybridized carbons (Fsp3) is 0.833. The summed E-state index contributed by atoms with van der Waals surface area (Å²) in [6, 6.07) is 0. The molecule has 0 aromatic heterocycles. The molecule has 0 aromatic rings. The molecule has 0 aromatic carbocycles. The number of esters is 1. The monoisotopic (exact) mass is 182 g/mol. The maximum Gasteiger partial charge on any atom is 0.305 e. The Kier molecular flexibility index (Phi) is 6.21. The quantitative estimate of drug-likeness (QED) is 0.628. The lowest BCUT2D eigenvalue weighted by molar-refractivity contribution is -0.146. The molecule has 1 atom stereocenters. The molecule has 0 rings (SSSR count). The first kappa shape index (κ1) is 10.7. The SMILES string of the molecule is CCC(=O)OCC(O)COCl. The van der Waals surface area contributed by atoms with Crippen molar-refractivity contribution in [3.63, 3.8) is 0 Å². The summed E-state index contributed by atoms with van der Waals surface area (Å²) in [5, 5.41) is 8.91. The summed E-state index contributed by atoms with van der Waals surface area (Å²) < 4.78 is 8.68. The van der Waals surface area contributed by atoms with E-state index in [1.54, 1.807) is 6.92 Å². The van der Waals surface area contributed by atoms with Crippen LogP contribution in [0.15, 0.2) is 0 Å². The van der Waals surface area contributed by atoms with E-state index in [2.05, 4.69) is 9.03 Å². The molecule has 0 aliphatic carbocycles. The smallest absolute Gasteiger partial charge is 0.305 e. The number of aliphatic hydroxyl groups excluding tert-OH is 1. The first-order chi connectivity index (χ1) is 5.20. The normalized spacial score (nSPS) is 12.6. The molecule has 0 saturated heterocycles. The number of rotatable bonds is 5. The van der Waals surface area contributed by atoms with Crippen LogP contribution in [0.3, 0.4) is 0 Å². The van der Waals surface area contributed by atoms with E-state index in [-0.39, 0.29) is 19.2 Å². The van der Waals surface area contributed by atoms with Gasteiger partial charge in [-0.1, -0.05) is 6.92 Å². The number of halogens is 1. The Morgan fingerprint density at radius 3 is 2.73 bits per heavy atom. The van der Waals surface area contributed by atoms with Crippen LogP contribution in [0.5, 0.6) is 0 Å². The van der Waals surface area contributed by atoms with Crippen LogP contribution in [0.2, 0.25) is 0 Å². The first-order valence-corrected chi connectivity index (χ1v) is 3.58. The van der Waals surface area contributed by atoms with Crippen LogP contribution < -0.4 is 0 Å². The summed E-state index contributed by atoms with van der Waals surface area (Å²) in [7, 11) is 0. The van der Waals surface area contributed by atoms with E-state index in [0.717, 1.165) is 0 Å². The minimum absolute atomic E-state index is 0.0431. The van der Waals surface area contributed by atoms with Crippen molar-refractivity contribution in [3.05, 3.63) is 0 Å². The van der Waals surface area contributed by atoms with Gasteiger partial charge in [-0.15, -0.1) is 0 Å².